The number of anilines is 3. The summed E-state index contributed by atoms with van der Waals surface area (Å²) in [5.74, 6) is 0. The highest BCUT2D eigenvalue weighted by Crippen LogP contribution is 2.44. The first-order valence-electron chi connectivity index (χ1n) is 18.5. The maximum Gasteiger partial charge on any atom is 0.0561 e. The van der Waals surface area contributed by atoms with E-state index in [1.165, 1.54) is 66.0 Å². The fraction of sp³-hybridized carbons (Fsp3) is 0. The Hall–Kier alpha value is -7.16. The van der Waals surface area contributed by atoms with Crippen molar-refractivity contribution in [3.8, 4) is 39.1 Å². The Bertz CT molecular complexity index is 2900. The molecule has 0 aliphatic carbocycles. The molecule has 1 aromatic heterocycles. The predicted molar refractivity (Wildman–Crippen MR) is 229 cm³/mol. The molecule has 254 valence electrons. The number of benzene rings is 9. The van der Waals surface area contributed by atoms with Crippen LogP contribution < -0.4 is 4.90 Å². The molecule has 0 N–H and O–H groups in total. The number of fused-ring (bicyclic) bond motifs is 4. The lowest BCUT2D eigenvalue weighted by Crippen LogP contribution is -2.10. The van der Waals surface area contributed by atoms with E-state index in [0.717, 1.165) is 22.7 Å². The highest BCUT2D eigenvalue weighted by atomic mass is 15.1. The average Bonchev–Trinajstić information content (AvgIpc) is 3.58. The summed E-state index contributed by atoms with van der Waals surface area (Å²) in [7, 11) is 0. The van der Waals surface area contributed by atoms with Gasteiger partial charge in [-0.1, -0.05) is 164 Å². The summed E-state index contributed by atoms with van der Waals surface area (Å²) in [4.78, 5) is 2.41. The molecule has 10 rings (SSSR count). The molecule has 0 saturated heterocycles. The first-order chi connectivity index (χ1) is 26.8. The fourth-order valence-corrected chi connectivity index (χ4v) is 8.06. The second-order valence-electron chi connectivity index (χ2n) is 13.8. The van der Waals surface area contributed by atoms with Crippen LogP contribution in [0.2, 0.25) is 0 Å². The standard InChI is InChI=1S/C52H36N2/c1-4-15-37(16-5-1)38-27-29-42(30-28-38)53(44-32-34-49-48-24-12-13-26-51(48)54(52(49)36-44)41-21-8-3-9-22-41)43-31-33-46(39-17-6-2-7-18-39)50(35-43)47-25-14-20-40-19-10-11-23-45(40)47/h1-36H. The lowest BCUT2D eigenvalue weighted by molar-refractivity contribution is 1.18. The molecule has 0 radical (unpaired) electrons. The Kier molecular flexibility index (Phi) is 7.85. The minimum absolute atomic E-state index is 1.09. The topological polar surface area (TPSA) is 8.17 Å². The van der Waals surface area contributed by atoms with E-state index in [9.17, 15) is 0 Å². The lowest BCUT2D eigenvalue weighted by atomic mass is 9.90. The van der Waals surface area contributed by atoms with Crippen molar-refractivity contribution < 1.29 is 0 Å². The zero-order valence-corrected chi connectivity index (χ0v) is 29.7. The van der Waals surface area contributed by atoms with Gasteiger partial charge in [0.2, 0.25) is 0 Å². The van der Waals surface area contributed by atoms with Crippen LogP contribution in [-0.4, -0.2) is 4.57 Å². The number of hydrogen-bond acceptors (Lipinski definition) is 1. The summed E-state index contributed by atoms with van der Waals surface area (Å²) in [5, 5.41) is 4.94. The molecule has 9 aromatic carbocycles. The van der Waals surface area contributed by atoms with Gasteiger partial charge >= 0.3 is 0 Å². The van der Waals surface area contributed by atoms with Crippen molar-refractivity contribution in [2.45, 2.75) is 0 Å². The highest BCUT2D eigenvalue weighted by molar-refractivity contribution is 6.10. The van der Waals surface area contributed by atoms with Gasteiger partial charge in [0.1, 0.15) is 0 Å². The van der Waals surface area contributed by atoms with Gasteiger partial charge in [-0.25, -0.2) is 0 Å². The minimum Gasteiger partial charge on any atom is -0.310 e. The molecule has 0 aliphatic heterocycles. The van der Waals surface area contributed by atoms with E-state index in [1.54, 1.807) is 0 Å². The van der Waals surface area contributed by atoms with E-state index >= 15 is 0 Å². The number of para-hydroxylation sites is 2. The normalized spacial score (nSPS) is 11.3. The molecule has 2 nitrogen and oxygen atoms in total. The Morgan fingerprint density at radius 3 is 1.63 bits per heavy atom. The Morgan fingerprint density at radius 2 is 0.852 bits per heavy atom. The Balaban J connectivity index is 1.22. The van der Waals surface area contributed by atoms with E-state index in [2.05, 4.69) is 228 Å². The Morgan fingerprint density at radius 1 is 0.296 bits per heavy atom. The summed E-state index contributed by atoms with van der Waals surface area (Å²) in [6, 6.07) is 78.9. The van der Waals surface area contributed by atoms with Crippen LogP contribution in [0.25, 0.3) is 71.6 Å². The molecule has 2 heteroatoms. The van der Waals surface area contributed by atoms with Gasteiger partial charge in [-0.15, -0.1) is 0 Å². The largest absolute Gasteiger partial charge is 0.310 e. The quantitative estimate of drug-likeness (QED) is 0.162. The van der Waals surface area contributed by atoms with Crippen LogP contribution in [0.4, 0.5) is 17.1 Å². The number of nitrogens with zero attached hydrogens (tertiary/aromatic N) is 2. The van der Waals surface area contributed by atoms with Crippen LogP contribution in [0.3, 0.4) is 0 Å². The van der Waals surface area contributed by atoms with Crippen LogP contribution in [0, 0.1) is 0 Å². The maximum absolute atomic E-state index is 2.41. The van der Waals surface area contributed by atoms with Gasteiger partial charge in [0, 0.05) is 33.5 Å². The van der Waals surface area contributed by atoms with Gasteiger partial charge < -0.3 is 9.47 Å². The molecule has 10 aromatic rings. The minimum atomic E-state index is 1.09. The highest BCUT2D eigenvalue weighted by Gasteiger charge is 2.20. The van der Waals surface area contributed by atoms with Gasteiger partial charge in [0.25, 0.3) is 0 Å². The van der Waals surface area contributed by atoms with E-state index in [1.807, 2.05) is 0 Å². The van der Waals surface area contributed by atoms with Crippen molar-refractivity contribution in [3.63, 3.8) is 0 Å². The molecule has 54 heavy (non-hydrogen) atoms. The first kappa shape index (κ1) is 31.6. The number of rotatable bonds is 7. The van der Waals surface area contributed by atoms with Crippen molar-refractivity contribution >= 4 is 49.6 Å². The number of hydrogen-bond donors (Lipinski definition) is 0. The third-order valence-electron chi connectivity index (χ3n) is 10.6. The molecule has 0 bridgehead atoms. The van der Waals surface area contributed by atoms with Crippen LogP contribution in [0.1, 0.15) is 0 Å². The van der Waals surface area contributed by atoms with Gasteiger partial charge in [0.15, 0.2) is 0 Å². The zero-order chi connectivity index (χ0) is 35.8. The van der Waals surface area contributed by atoms with Crippen LogP contribution in [0.15, 0.2) is 218 Å². The van der Waals surface area contributed by atoms with Crippen molar-refractivity contribution in [1.82, 2.24) is 4.57 Å². The molecule has 0 amide bonds. The van der Waals surface area contributed by atoms with Crippen LogP contribution >= 0.6 is 0 Å². The van der Waals surface area contributed by atoms with Crippen molar-refractivity contribution in [2.24, 2.45) is 0 Å². The lowest BCUT2D eigenvalue weighted by Gasteiger charge is -2.27. The van der Waals surface area contributed by atoms with Gasteiger partial charge in [0.05, 0.1) is 11.0 Å². The van der Waals surface area contributed by atoms with E-state index in [0.29, 0.717) is 0 Å². The third kappa shape index (κ3) is 5.53. The van der Waals surface area contributed by atoms with E-state index in [4.69, 9.17) is 0 Å². The molecule has 0 spiro atoms. The van der Waals surface area contributed by atoms with E-state index < -0.39 is 0 Å². The third-order valence-corrected chi connectivity index (χ3v) is 10.6. The van der Waals surface area contributed by atoms with Gasteiger partial charge in [-0.05, 0) is 98.8 Å². The molecule has 1 heterocycles. The van der Waals surface area contributed by atoms with E-state index in [-0.39, 0.29) is 0 Å². The molecule has 0 atom stereocenters. The fourth-order valence-electron chi connectivity index (χ4n) is 8.06. The number of aromatic nitrogens is 1. The first-order valence-corrected chi connectivity index (χ1v) is 18.5. The average molecular weight is 689 g/mol. The molecular weight excluding hydrogens is 653 g/mol. The second kappa shape index (κ2) is 13.4. The Labute approximate surface area is 315 Å². The summed E-state index contributed by atoms with van der Waals surface area (Å²) >= 11 is 0. The summed E-state index contributed by atoms with van der Waals surface area (Å²) in [5.41, 5.74) is 14.0. The molecule has 0 fully saturated rings. The summed E-state index contributed by atoms with van der Waals surface area (Å²) in [6.07, 6.45) is 0. The molecule has 0 unspecified atom stereocenters. The van der Waals surface area contributed by atoms with Crippen LogP contribution in [0.5, 0.6) is 0 Å². The molecule has 0 saturated carbocycles. The smallest absolute Gasteiger partial charge is 0.0561 e. The summed E-state index contributed by atoms with van der Waals surface area (Å²) in [6.45, 7) is 0. The maximum atomic E-state index is 2.41. The van der Waals surface area contributed by atoms with Crippen molar-refractivity contribution in [2.75, 3.05) is 4.90 Å². The van der Waals surface area contributed by atoms with Crippen molar-refractivity contribution in [1.29, 1.82) is 0 Å². The van der Waals surface area contributed by atoms with Gasteiger partial charge in [-0.3, -0.25) is 0 Å². The monoisotopic (exact) mass is 688 g/mol. The van der Waals surface area contributed by atoms with Crippen molar-refractivity contribution in [3.05, 3.63) is 218 Å². The predicted octanol–water partition coefficient (Wildman–Crippen LogP) is 14.4. The second-order valence-corrected chi connectivity index (χ2v) is 13.8. The summed E-state index contributed by atoms with van der Waals surface area (Å²) < 4.78 is 2.39. The van der Waals surface area contributed by atoms with Crippen LogP contribution in [-0.2, 0) is 0 Å². The zero-order valence-electron chi connectivity index (χ0n) is 29.7. The molecule has 0 aliphatic rings. The molecular formula is C52H36N2. The SMILES string of the molecule is c1ccc(-c2ccc(N(c3ccc(-c4ccccc4)c(-c4cccc5ccccc45)c3)c3ccc4c5ccccc5n(-c5ccccc5)c4c3)cc2)cc1. The van der Waals surface area contributed by atoms with Gasteiger partial charge in [-0.2, -0.15) is 0 Å².